The van der Waals surface area contributed by atoms with Gasteiger partial charge in [0.25, 0.3) is 0 Å². The fourth-order valence-corrected chi connectivity index (χ4v) is 2.08. The Bertz CT molecular complexity index is 918. The van der Waals surface area contributed by atoms with Crippen LogP contribution in [0.4, 0.5) is 0 Å². The highest BCUT2D eigenvalue weighted by atomic mass is 16.4. The second kappa shape index (κ2) is 5.69. The van der Waals surface area contributed by atoms with E-state index in [0.29, 0.717) is 11.0 Å². The third-order valence-corrected chi connectivity index (χ3v) is 3.23. The topological polar surface area (TPSA) is 67.5 Å². The van der Waals surface area contributed by atoms with Gasteiger partial charge in [0.15, 0.2) is 5.78 Å². The number of hydrogen-bond donors (Lipinski definition) is 1. The summed E-state index contributed by atoms with van der Waals surface area (Å²) in [4.78, 5) is 24.0. The van der Waals surface area contributed by atoms with Gasteiger partial charge in [-0.05, 0) is 35.9 Å². The summed E-state index contributed by atoms with van der Waals surface area (Å²) in [7, 11) is 0. The van der Waals surface area contributed by atoms with Crippen molar-refractivity contribution in [3.8, 4) is 5.75 Å². The maximum absolute atomic E-state index is 12.2. The number of carbonyl (C=O) groups is 1. The SMILES string of the molecule is O=C(C=Cc1ccc(O)cc1)c1cc2ccccc2oc1=O. The number of benzene rings is 2. The van der Waals surface area contributed by atoms with Gasteiger partial charge in [0.1, 0.15) is 16.9 Å². The number of para-hydroxylation sites is 1. The summed E-state index contributed by atoms with van der Waals surface area (Å²) >= 11 is 0. The van der Waals surface area contributed by atoms with Gasteiger partial charge in [-0.3, -0.25) is 4.79 Å². The van der Waals surface area contributed by atoms with Crippen molar-refractivity contribution in [3.63, 3.8) is 0 Å². The third kappa shape index (κ3) is 2.81. The molecule has 0 bridgehead atoms. The second-order valence-electron chi connectivity index (χ2n) is 4.77. The van der Waals surface area contributed by atoms with Gasteiger partial charge in [0.2, 0.25) is 0 Å². The smallest absolute Gasteiger partial charge is 0.347 e. The van der Waals surface area contributed by atoms with Crippen LogP contribution in [0.25, 0.3) is 17.0 Å². The molecule has 3 rings (SSSR count). The van der Waals surface area contributed by atoms with Gasteiger partial charge in [-0.25, -0.2) is 4.79 Å². The van der Waals surface area contributed by atoms with Crippen molar-refractivity contribution in [1.29, 1.82) is 0 Å². The van der Waals surface area contributed by atoms with E-state index in [0.717, 1.165) is 5.56 Å². The molecule has 0 atom stereocenters. The predicted octanol–water partition coefficient (Wildman–Crippen LogP) is 3.39. The van der Waals surface area contributed by atoms with E-state index in [9.17, 15) is 14.7 Å². The first-order chi connectivity index (χ1) is 10.6. The zero-order valence-electron chi connectivity index (χ0n) is 11.5. The highest BCUT2D eigenvalue weighted by molar-refractivity contribution is 6.07. The molecule has 0 aliphatic rings. The molecule has 0 aliphatic carbocycles. The zero-order chi connectivity index (χ0) is 15.5. The van der Waals surface area contributed by atoms with Crippen LogP contribution in [0.1, 0.15) is 15.9 Å². The largest absolute Gasteiger partial charge is 0.508 e. The molecule has 0 aliphatic heterocycles. The molecule has 0 saturated heterocycles. The maximum atomic E-state index is 12.2. The normalized spacial score (nSPS) is 11.1. The molecule has 3 aromatic rings. The molecular formula is C18H12O4. The monoisotopic (exact) mass is 292 g/mol. The molecule has 0 saturated carbocycles. The summed E-state index contributed by atoms with van der Waals surface area (Å²) < 4.78 is 5.14. The van der Waals surface area contributed by atoms with Crippen LogP contribution in [0.15, 0.2) is 69.9 Å². The molecule has 4 heteroatoms. The van der Waals surface area contributed by atoms with Crippen LogP contribution in [0.2, 0.25) is 0 Å². The van der Waals surface area contributed by atoms with Crippen LogP contribution < -0.4 is 5.63 Å². The Kier molecular flexibility index (Phi) is 3.58. The van der Waals surface area contributed by atoms with Crippen molar-refractivity contribution >= 4 is 22.8 Å². The van der Waals surface area contributed by atoms with E-state index in [4.69, 9.17) is 4.42 Å². The number of phenols is 1. The van der Waals surface area contributed by atoms with Crippen molar-refractivity contribution in [1.82, 2.24) is 0 Å². The number of hydrogen-bond acceptors (Lipinski definition) is 4. The lowest BCUT2D eigenvalue weighted by Crippen LogP contribution is -2.11. The molecule has 0 radical (unpaired) electrons. The average molecular weight is 292 g/mol. The van der Waals surface area contributed by atoms with Gasteiger partial charge in [-0.15, -0.1) is 0 Å². The predicted molar refractivity (Wildman–Crippen MR) is 84.0 cm³/mol. The summed E-state index contributed by atoms with van der Waals surface area (Å²) in [5.74, 6) is -0.272. The number of allylic oxidation sites excluding steroid dienone is 1. The first kappa shape index (κ1) is 13.8. The third-order valence-electron chi connectivity index (χ3n) is 3.23. The van der Waals surface area contributed by atoms with Gasteiger partial charge >= 0.3 is 5.63 Å². The molecular weight excluding hydrogens is 280 g/mol. The second-order valence-corrected chi connectivity index (χ2v) is 4.77. The highest BCUT2D eigenvalue weighted by Crippen LogP contribution is 2.14. The van der Waals surface area contributed by atoms with E-state index >= 15 is 0 Å². The van der Waals surface area contributed by atoms with Gasteiger partial charge < -0.3 is 9.52 Å². The molecule has 108 valence electrons. The first-order valence-electron chi connectivity index (χ1n) is 6.68. The van der Waals surface area contributed by atoms with Crippen LogP contribution in [0.5, 0.6) is 5.75 Å². The van der Waals surface area contributed by atoms with Crippen LogP contribution in [-0.2, 0) is 0 Å². The van der Waals surface area contributed by atoms with Crippen molar-refractivity contribution in [2.24, 2.45) is 0 Å². The average Bonchev–Trinajstić information content (AvgIpc) is 2.53. The summed E-state index contributed by atoms with van der Waals surface area (Å²) in [6.45, 7) is 0. The molecule has 4 nitrogen and oxygen atoms in total. The number of rotatable bonds is 3. The van der Waals surface area contributed by atoms with Crippen molar-refractivity contribution in [2.45, 2.75) is 0 Å². The summed E-state index contributed by atoms with van der Waals surface area (Å²) in [6, 6.07) is 14.9. The Morgan fingerprint density at radius 2 is 1.77 bits per heavy atom. The lowest BCUT2D eigenvalue weighted by atomic mass is 10.1. The van der Waals surface area contributed by atoms with E-state index in [-0.39, 0.29) is 11.3 Å². The Morgan fingerprint density at radius 1 is 1.05 bits per heavy atom. The molecule has 22 heavy (non-hydrogen) atoms. The molecule has 0 amide bonds. The van der Waals surface area contributed by atoms with Crippen molar-refractivity contribution in [3.05, 3.63) is 82.2 Å². The number of fused-ring (bicyclic) bond motifs is 1. The number of carbonyl (C=O) groups excluding carboxylic acids is 1. The number of phenolic OH excluding ortho intramolecular Hbond substituents is 1. The standard InChI is InChI=1S/C18H12O4/c19-14-8-5-12(6-9-14)7-10-16(20)15-11-13-3-1-2-4-17(13)22-18(15)21/h1-11,19H. The van der Waals surface area contributed by atoms with E-state index in [1.807, 2.05) is 6.07 Å². The van der Waals surface area contributed by atoms with E-state index in [2.05, 4.69) is 0 Å². The van der Waals surface area contributed by atoms with Crippen molar-refractivity contribution < 1.29 is 14.3 Å². The summed E-state index contributed by atoms with van der Waals surface area (Å²) in [6.07, 6.45) is 2.89. The van der Waals surface area contributed by atoms with E-state index < -0.39 is 11.4 Å². The van der Waals surface area contributed by atoms with Gasteiger partial charge in [0.05, 0.1) is 0 Å². The summed E-state index contributed by atoms with van der Waals surface area (Å²) in [5, 5.41) is 9.90. The van der Waals surface area contributed by atoms with Crippen LogP contribution >= 0.6 is 0 Å². The Labute approximate surface area is 125 Å². The molecule has 1 aromatic heterocycles. The summed E-state index contributed by atoms with van der Waals surface area (Å²) in [5.41, 5.74) is 0.538. The van der Waals surface area contributed by atoms with E-state index in [1.165, 1.54) is 24.3 Å². The molecule has 0 fully saturated rings. The molecule has 0 unspecified atom stereocenters. The quantitative estimate of drug-likeness (QED) is 0.456. The van der Waals surface area contributed by atoms with Gasteiger partial charge in [-0.1, -0.05) is 36.4 Å². The van der Waals surface area contributed by atoms with Crippen LogP contribution in [0.3, 0.4) is 0 Å². The van der Waals surface area contributed by atoms with Crippen LogP contribution in [0, 0.1) is 0 Å². The zero-order valence-corrected chi connectivity index (χ0v) is 11.5. The molecule has 1 heterocycles. The van der Waals surface area contributed by atoms with E-state index in [1.54, 1.807) is 36.4 Å². The van der Waals surface area contributed by atoms with Crippen LogP contribution in [-0.4, -0.2) is 10.9 Å². The molecule has 1 N–H and O–H groups in total. The molecule has 2 aromatic carbocycles. The minimum atomic E-state index is -0.654. The Balaban J connectivity index is 1.93. The Morgan fingerprint density at radius 3 is 2.55 bits per heavy atom. The minimum absolute atomic E-state index is 0.00581. The first-order valence-corrected chi connectivity index (χ1v) is 6.68. The molecule has 0 spiro atoms. The lowest BCUT2D eigenvalue weighted by Gasteiger charge is -1.99. The van der Waals surface area contributed by atoms with Gasteiger partial charge in [0, 0.05) is 5.39 Å². The maximum Gasteiger partial charge on any atom is 0.347 e. The minimum Gasteiger partial charge on any atom is -0.508 e. The Hall–Kier alpha value is -3.14. The number of aromatic hydroxyl groups is 1. The highest BCUT2D eigenvalue weighted by Gasteiger charge is 2.10. The fraction of sp³-hybridized carbons (Fsp3) is 0. The number of ketones is 1. The van der Waals surface area contributed by atoms with Gasteiger partial charge in [-0.2, -0.15) is 0 Å². The fourth-order valence-electron chi connectivity index (χ4n) is 2.08. The lowest BCUT2D eigenvalue weighted by molar-refractivity contribution is 0.104. The van der Waals surface area contributed by atoms with Crippen molar-refractivity contribution in [2.75, 3.05) is 0 Å².